The van der Waals surface area contributed by atoms with Crippen LogP contribution in [0.15, 0.2) is 18.2 Å². The third-order valence-corrected chi connectivity index (χ3v) is 2.73. The van der Waals surface area contributed by atoms with Gasteiger partial charge in [-0.25, -0.2) is 0 Å². The number of hydrogen-bond donors (Lipinski definition) is 3. The predicted molar refractivity (Wildman–Crippen MR) is 68.0 cm³/mol. The molecule has 0 saturated heterocycles. The maximum atomic E-state index is 11.8. The van der Waals surface area contributed by atoms with Gasteiger partial charge in [-0.05, 0) is 39.2 Å². The number of rotatable bonds is 4. The number of carbonyl (C=O) groups is 1. The highest BCUT2D eigenvalue weighted by molar-refractivity contribution is 5.95. The van der Waals surface area contributed by atoms with Crippen molar-refractivity contribution in [1.82, 2.24) is 10.2 Å². The molecule has 0 radical (unpaired) electrons. The van der Waals surface area contributed by atoms with Crippen molar-refractivity contribution in [3.8, 4) is 5.75 Å². The summed E-state index contributed by atoms with van der Waals surface area (Å²) >= 11 is 0. The van der Waals surface area contributed by atoms with Crippen molar-refractivity contribution in [1.29, 1.82) is 0 Å². The summed E-state index contributed by atoms with van der Waals surface area (Å²) in [4.78, 5) is 13.8. The molecule has 4 N–H and O–H groups in total. The Morgan fingerprint density at radius 1 is 1.53 bits per heavy atom. The lowest BCUT2D eigenvalue weighted by Gasteiger charge is -2.20. The summed E-state index contributed by atoms with van der Waals surface area (Å²) in [6, 6.07) is 4.72. The molecule has 0 spiro atoms. The molecule has 5 nitrogen and oxygen atoms in total. The van der Waals surface area contributed by atoms with Crippen LogP contribution in [0.1, 0.15) is 17.3 Å². The molecular weight excluding hydrogens is 218 g/mol. The first-order valence-corrected chi connectivity index (χ1v) is 5.45. The van der Waals surface area contributed by atoms with Crippen LogP contribution < -0.4 is 11.1 Å². The van der Waals surface area contributed by atoms with E-state index in [9.17, 15) is 9.90 Å². The Labute approximate surface area is 101 Å². The molecule has 0 aliphatic heterocycles. The molecule has 0 heterocycles. The second-order valence-electron chi connectivity index (χ2n) is 4.30. The van der Waals surface area contributed by atoms with E-state index >= 15 is 0 Å². The topological polar surface area (TPSA) is 78.6 Å². The number of anilines is 1. The van der Waals surface area contributed by atoms with Gasteiger partial charge >= 0.3 is 0 Å². The predicted octanol–water partition coefficient (Wildman–Crippen LogP) is 0.654. The van der Waals surface area contributed by atoms with Crippen molar-refractivity contribution in [2.75, 3.05) is 26.4 Å². The number of amides is 1. The third kappa shape index (κ3) is 3.64. The Morgan fingerprint density at radius 2 is 2.18 bits per heavy atom. The minimum Gasteiger partial charge on any atom is -0.506 e. The second kappa shape index (κ2) is 5.54. The molecule has 0 saturated carbocycles. The van der Waals surface area contributed by atoms with Crippen LogP contribution in [0.2, 0.25) is 0 Å². The highest BCUT2D eigenvalue weighted by atomic mass is 16.3. The fraction of sp³-hybridized carbons (Fsp3) is 0.417. The number of nitrogens with two attached hydrogens (primary N) is 1. The molecule has 1 rings (SSSR count). The van der Waals surface area contributed by atoms with E-state index in [4.69, 9.17) is 5.73 Å². The van der Waals surface area contributed by atoms with E-state index in [0.717, 1.165) is 0 Å². The monoisotopic (exact) mass is 237 g/mol. The molecule has 1 amide bonds. The van der Waals surface area contributed by atoms with Crippen LogP contribution >= 0.6 is 0 Å². The zero-order valence-corrected chi connectivity index (χ0v) is 10.4. The van der Waals surface area contributed by atoms with Gasteiger partial charge in [-0.2, -0.15) is 0 Å². The normalized spacial score (nSPS) is 12.5. The summed E-state index contributed by atoms with van der Waals surface area (Å²) in [5.41, 5.74) is 6.13. The zero-order chi connectivity index (χ0) is 13.0. The fourth-order valence-corrected chi connectivity index (χ4v) is 1.21. The van der Waals surface area contributed by atoms with Gasteiger partial charge in [0.2, 0.25) is 0 Å². The minimum atomic E-state index is -0.214. The van der Waals surface area contributed by atoms with Crippen LogP contribution in [0.25, 0.3) is 0 Å². The van der Waals surface area contributed by atoms with E-state index in [1.54, 1.807) is 6.07 Å². The molecule has 1 aromatic rings. The standard InChI is InChI=1S/C12H19N3O2/c1-8(15(2)3)7-14-12(17)9-4-5-10(13)11(16)6-9/h4-6,8,16H,7,13H2,1-3H3,(H,14,17). The number of nitrogens with zero attached hydrogens (tertiary/aromatic N) is 1. The molecule has 1 unspecified atom stereocenters. The summed E-state index contributed by atoms with van der Waals surface area (Å²) in [5.74, 6) is -0.285. The SMILES string of the molecule is CC(CNC(=O)c1ccc(N)c(O)c1)N(C)C. The molecular formula is C12H19N3O2. The highest BCUT2D eigenvalue weighted by Gasteiger charge is 2.10. The number of likely N-dealkylation sites (N-methyl/N-ethyl adjacent to an activating group) is 1. The molecule has 1 aromatic carbocycles. The van der Waals surface area contributed by atoms with Gasteiger partial charge in [0.25, 0.3) is 5.91 Å². The van der Waals surface area contributed by atoms with Crippen LogP contribution in [0.3, 0.4) is 0 Å². The average Bonchev–Trinajstić information content (AvgIpc) is 2.28. The maximum absolute atomic E-state index is 11.8. The lowest BCUT2D eigenvalue weighted by Crippen LogP contribution is -2.38. The number of benzene rings is 1. The molecule has 0 aliphatic carbocycles. The lowest BCUT2D eigenvalue weighted by molar-refractivity contribution is 0.0943. The molecule has 0 fully saturated rings. The molecule has 0 aliphatic rings. The van der Waals surface area contributed by atoms with Gasteiger partial charge in [0.05, 0.1) is 5.69 Å². The quantitative estimate of drug-likeness (QED) is 0.531. The molecule has 0 aromatic heterocycles. The molecule has 17 heavy (non-hydrogen) atoms. The molecule has 5 heteroatoms. The average molecular weight is 237 g/mol. The number of phenols is 1. The van der Waals surface area contributed by atoms with Gasteiger partial charge in [-0.1, -0.05) is 0 Å². The van der Waals surface area contributed by atoms with Crippen LogP contribution in [0.5, 0.6) is 5.75 Å². The Kier molecular flexibility index (Phi) is 4.34. The summed E-state index contributed by atoms with van der Waals surface area (Å²) < 4.78 is 0. The summed E-state index contributed by atoms with van der Waals surface area (Å²) in [7, 11) is 3.90. The van der Waals surface area contributed by atoms with E-state index < -0.39 is 0 Å². The van der Waals surface area contributed by atoms with E-state index in [-0.39, 0.29) is 23.4 Å². The number of nitrogen functional groups attached to an aromatic ring is 1. The fourth-order valence-electron chi connectivity index (χ4n) is 1.21. The Bertz CT molecular complexity index is 405. The van der Waals surface area contributed by atoms with Crippen molar-refractivity contribution < 1.29 is 9.90 Å². The maximum Gasteiger partial charge on any atom is 0.251 e. The van der Waals surface area contributed by atoms with Gasteiger partial charge in [-0.3, -0.25) is 4.79 Å². The van der Waals surface area contributed by atoms with E-state index in [1.165, 1.54) is 12.1 Å². The largest absolute Gasteiger partial charge is 0.506 e. The van der Waals surface area contributed by atoms with Crippen LogP contribution in [-0.2, 0) is 0 Å². The summed E-state index contributed by atoms with van der Waals surface area (Å²) in [5, 5.41) is 12.2. The molecule has 94 valence electrons. The van der Waals surface area contributed by atoms with E-state index in [1.807, 2.05) is 25.9 Å². The van der Waals surface area contributed by atoms with Crippen molar-refractivity contribution in [3.63, 3.8) is 0 Å². The van der Waals surface area contributed by atoms with Gasteiger partial charge in [0.15, 0.2) is 0 Å². The van der Waals surface area contributed by atoms with Gasteiger partial charge in [-0.15, -0.1) is 0 Å². The van der Waals surface area contributed by atoms with Crippen LogP contribution in [0, 0.1) is 0 Å². The number of nitrogens with one attached hydrogen (secondary N) is 1. The lowest BCUT2D eigenvalue weighted by atomic mass is 10.1. The smallest absolute Gasteiger partial charge is 0.251 e. The summed E-state index contributed by atoms with van der Waals surface area (Å²) in [6.07, 6.45) is 0. The minimum absolute atomic E-state index is 0.0710. The van der Waals surface area contributed by atoms with E-state index in [0.29, 0.717) is 12.1 Å². The van der Waals surface area contributed by atoms with E-state index in [2.05, 4.69) is 5.32 Å². The van der Waals surface area contributed by atoms with Crippen LogP contribution in [0.4, 0.5) is 5.69 Å². The Morgan fingerprint density at radius 3 is 2.71 bits per heavy atom. The zero-order valence-electron chi connectivity index (χ0n) is 10.4. The first-order valence-electron chi connectivity index (χ1n) is 5.45. The van der Waals surface area contributed by atoms with Crippen molar-refractivity contribution in [3.05, 3.63) is 23.8 Å². The number of hydrogen-bond acceptors (Lipinski definition) is 4. The first-order chi connectivity index (χ1) is 7.91. The van der Waals surface area contributed by atoms with Crippen LogP contribution in [-0.4, -0.2) is 42.6 Å². The Balaban J connectivity index is 2.61. The number of aromatic hydroxyl groups is 1. The molecule has 1 atom stereocenters. The van der Waals surface area contributed by atoms with Gasteiger partial charge in [0.1, 0.15) is 5.75 Å². The van der Waals surface area contributed by atoms with Gasteiger partial charge in [0, 0.05) is 18.2 Å². The van der Waals surface area contributed by atoms with Gasteiger partial charge < -0.3 is 21.1 Å². The third-order valence-electron chi connectivity index (χ3n) is 2.73. The Hall–Kier alpha value is -1.75. The second-order valence-corrected chi connectivity index (χ2v) is 4.30. The highest BCUT2D eigenvalue weighted by Crippen LogP contribution is 2.20. The number of phenolic OH excluding ortho intramolecular Hbond substituents is 1. The van der Waals surface area contributed by atoms with Crippen molar-refractivity contribution in [2.24, 2.45) is 0 Å². The van der Waals surface area contributed by atoms with Crippen molar-refractivity contribution in [2.45, 2.75) is 13.0 Å². The summed E-state index contributed by atoms with van der Waals surface area (Å²) in [6.45, 7) is 2.57. The number of carbonyl (C=O) groups excluding carboxylic acids is 1. The molecule has 0 bridgehead atoms. The first kappa shape index (κ1) is 13.3. The van der Waals surface area contributed by atoms with Crippen molar-refractivity contribution >= 4 is 11.6 Å².